The van der Waals surface area contributed by atoms with Gasteiger partial charge in [0.05, 0.1) is 36.0 Å². The van der Waals surface area contributed by atoms with Gasteiger partial charge in [-0.3, -0.25) is 9.59 Å². The first-order valence-electron chi connectivity index (χ1n) is 16.4. The molecule has 45 heavy (non-hydrogen) atoms. The Kier molecular flexibility index (Phi) is 13.4. The molecule has 2 fully saturated rings. The summed E-state index contributed by atoms with van der Waals surface area (Å²) in [7, 11) is 1.50. The molecule has 0 radical (unpaired) electrons. The summed E-state index contributed by atoms with van der Waals surface area (Å²) in [6.45, 7) is 6.29. The Morgan fingerprint density at radius 3 is 2.51 bits per heavy atom. The van der Waals surface area contributed by atoms with Gasteiger partial charge in [0, 0.05) is 24.6 Å². The quantitative estimate of drug-likeness (QED) is 0.223. The van der Waals surface area contributed by atoms with Crippen molar-refractivity contribution in [3.8, 4) is 11.5 Å². The van der Waals surface area contributed by atoms with Crippen LogP contribution in [0.25, 0.3) is 0 Å². The van der Waals surface area contributed by atoms with Gasteiger partial charge in [0.1, 0.15) is 18.8 Å². The van der Waals surface area contributed by atoms with E-state index in [1.54, 1.807) is 23.1 Å². The maximum Gasteiger partial charge on any atom is 0.249 e. The lowest BCUT2D eigenvalue weighted by Crippen LogP contribution is -2.58. The molecule has 4 rings (SSSR count). The van der Waals surface area contributed by atoms with Gasteiger partial charge in [-0.15, -0.1) is 0 Å². The molecular formula is C34H51IN2O8. The van der Waals surface area contributed by atoms with E-state index in [0.717, 1.165) is 38.5 Å². The number of aliphatic hydroxyl groups is 3. The summed E-state index contributed by atoms with van der Waals surface area (Å²) in [5.41, 5.74) is 1.03. The van der Waals surface area contributed by atoms with Gasteiger partial charge in [-0.1, -0.05) is 40.0 Å². The van der Waals surface area contributed by atoms with E-state index in [-0.39, 0.29) is 56.7 Å². The average Bonchev–Trinajstić information content (AvgIpc) is 3.55. The Morgan fingerprint density at radius 2 is 1.87 bits per heavy atom. The molecule has 0 aliphatic heterocycles. The SMILES string of the molecule is COc1cc(CO)cc(I)c1O[C@H]1C=C(C(=O)NCCO)C[C@@H](N(C(=O)CO[C@H]2C[C@@H](C)CC[C@@H]2C(C)C)C2CCCC2)[C@@H]1O. The van der Waals surface area contributed by atoms with Gasteiger partial charge in [-0.2, -0.15) is 0 Å². The molecule has 0 aromatic heterocycles. The van der Waals surface area contributed by atoms with Crippen LogP contribution in [0.3, 0.4) is 0 Å². The third-order valence-electron chi connectivity index (χ3n) is 9.69. The van der Waals surface area contributed by atoms with Crippen molar-refractivity contribution < 1.29 is 39.1 Å². The second-order valence-corrected chi connectivity index (χ2v) is 14.4. The Bertz CT molecular complexity index is 1190. The lowest BCUT2D eigenvalue weighted by Gasteiger charge is -2.44. The molecule has 1 aromatic rings. The molecule has 3 aliphatic carbocycles. The molecule has 0 bridgehead atoms. The lowest BCUT2D eigenvalue weighted by molar-refractivity contribution is -0.151. The first-order valence-corrected chi connectivity index (χ1v) is 17.5. The molecule has 252 valence electrons. The van der Waals surface area contributed by atoms with Crippen LogP contribution >= 0.6 is 22.6 Å². The van der Waals surface area contributed by atoms with E-state index in [4.69, 9.17) is 14.2 Å². The predicted octanol–water partition coefficient (Wildman–Crippen LogP) is 3.96. The standard InChI is InChI=1S/C34H51IN2O8/c1-20(2)25-10-9-21(3)13-28(25)44-19-31(40)37(24-7-5-6-8-24)27-16-23(34(42)36-11-12-38)17-29(32(27)41)45-33-26(35)14-22(18-39)15-30(33)43-4/h14-15,17,20-21,24-25,27-29,32,38-39,41H,5-13,16,18-19H2,1-4H3,(H,36,42)/t21-,25+,27+,28-,29-,32-/m0/s1. The minimum Gasteiger partial charge on any atom is -0.493 e. The van der Waals surface area contributed by atoms with Crippen LogP contribution < -0.4 is 14.8 Å². The zero-order chi connectivity index (χ0) is 32.7. The van der Waals surface area contributed by atoms with Gasteiger partial charge < -0.3 is 39.7 Å². The highest BCUT2D eigenvalue weighted by atomic mass is 127. The van der Waals surface area contributed by atoms with Crippen molar-refractivity contribution in [3.05, 3.63) is 32.9 Å². The maximum absolute atomic E-state index is 14.2. The topological polar surface area (TPSA) is 138 Å². The van der Waals surface area contributed by atoms with Crippen LogP contribution in [0.1, 0.15) is 77.7 Å². The second kappa shape index (κ2) is 16.8. The molecule has 2 amide bonds. The van der Waals surface area contributed by atoms with Crippen molar-refractivity contribution in [3.63, 3.8) is 0 Å². The average molecular weight is 743 g/mol. The Morgan fingerprint density at radius 1 is 1.13 bits per heavy atom. The maximum atomic E-state index is 14.2. The molecule has 0 heterocycles. The third-order valence-corrected chi connectivity index (χ3v) is 10.5. The van der Waals surface area contributed by atoms with E-state index < -0.39 is 18.2 Å². The van der Waals surface area contributed by atoms with Gasteiger partial charge in [-0.05, 0) is 89.8 Å². The van der Waals surface area contributed by atoms with Crippen LogP contribution in [0.5, 0.6) is 11.5 Å². The van der Waals surface area contributed by atoms with Crippen LogP contribution in [0.2, 0.25) is 0 Å². The number of nitrogens with zero attached hydrogens (tertiary/aromatic N) is 1. The van der Waals surface area contributed by atoms with Gasteiger partial charge in [0.25, 0.3) is 0 Å². The number of hydrogen-bond donors (Lipinski definition) is 4. The molecule has 11 heteroatoms. The normalized spacial score (nSPS) is 27.3. The zero-order valence-electron chi connectivity index (χ0n) is 27.0. The minimum atomic E-state index is -1.14. The fourth-order valence-electron chi connectivity index (χ4n) is 7.26. The summed E-state index contributed by atoms with van der Waals surface area (Å²) in [5.74, 6) is 1.60. The summed E-state index contributed by atoms with van der Waals surface area (Å²) in [5, 5.41) is 33.6. The summed E-state index contributed by atoms with van der Waals surface area (Å²) in [6.07, 6.45) is 6.44. The van der Waals surface area contributed by atoms with E-state index in [2.05, 4.69) is 48.7 Å². The monoisotopic (exact) mass is 742 g/mol. The predicted molar refractivity (Wildman–Crippen MR) is 179 cm³/mol. The number of carbonyl (C=O) groups excluding carboxylic acids is 2. The van der Waals surface area contributed by atoms with Crippen molar-refractivity contribution >= 4 is 34.4 Å². The minimum absolute atomic E-state index is 0.00615. The van der Waals surface area contributed by atoms with Gasteiger partial charge in [0.2, 0.25) is 11.8 Å². The van der Waals surface area contributed by atoms with E-state index in [1.165, 1.54) is 13.5 Å². The molecule has 2 saturated carbocycles. The van der Waals surface area contributed by atoms with Crippen LogP contribution in [0.15, 0.2) is 23.8 Å². The highest BCUT2D eigenvalue weighted by molar-refractivity contribution is 14.1. The fourth-order valence-corrected chi connectivity index (χ4v) is 8.06. The van der Waals surface area contributed by atoms with Crippen molar-refractivity contribution in [1.82, 2.24) is 10.2 Å². The van der Waals surface area contributed by atoms with E-state index in [0.29, 0.717) is 44.0 Å². The number of benzene rings is 1. The summed E-state index contributed by atoms with van der Waals surface area (Å²) in [4.78, 5) is 29.2. The van der Waals surface area contributed by atoms with Crippen LogP contribution in [-0.2, 0) is 20.9 Å². The summed E-state index contributed by atoms with van der Waals surface area (Å²) in [6, 6.07) is 2.64. The number of aliphatic hydroxyl groups excluding tert-OH is 3. The van der Waals surface area contributed by atoms with Gasteiger partial charge in [-0.25, -0.2) is 0 Å². The van der Waals surface area contributed by atoms with Gasteiger partial charge >= 0.3 is 0 Å². The smallest absolute Gasteiger partial charge is 0.249 e. The molecule has 4 N–H and O–H groups in total. The fraction of sp³-hybridized carbons (Fsp3) is 0.706. The number of rotatable bonds is 13. The van der Waals surface area contributed by atoms with Crippen LogP contribution in [-0.4, -0.2) is 89.3 Å². The van der Waals surface area contributed by atoms with E-state index >= 15 is 0 Å². The van der Waals surface area contributed by atoms with Crippen molar-refractivity contribution in [2.75, 3.05) is 26.9 Å². The number of halogens is 1. The summed E-state index contributed by atoms with van der Waals surface area (Å²) < 4.78 is 19.0. The first-order chi connectivity index (χ1) is 21.6. The molecule has 0 saturated heterocycles. The number of amides is 2. The Hall–Kier alpha value is -1.93. The number of methoxy groups -OCH3 is 1. The number of carbonyl (C=O) groups is 2. The van der Waals surface area contributed by atoms with Crippen LogP contribution in [0, 0.1) is 21.3 Å². The Labute approximate surface area is 281 Å². The zero-order valence-corrected chi connectivity index (χ0v) is 29.2. The highest BCUT2D eigenvalue weighted by Crippen LogP contribution is 2.39. The molecule has 3 aliphatic rings. The molecular weight excluding hydrogens is 691 g/mol. The highest BCUT2D eigenvalue weighted by Gasteiger charge is 2.44. The largest absolute Gasteiger partial charge is 0.493 e. The molecule has 0 spiro atoms. The van der Waals surface area contributed by atoms with Crippen molar-refractivity contribution in [2.45, 2.75) is 109 Å². The van der Waals surface area contributed by atoms with Crippen molar-refractivity contribution in [2.24, 2.45) is 17.8 Å². The lowest BCUT2D eigenvalue weighted by atomic mass is 9.75. The van der Waals surface area contributed by atoms with Crippen molar-refractivity contribution in [1.29, 1.82) is 0 Å². The first kappa shape index (κ1) is 35.9. The van der Waals surface area contributed by atoms with Crippen LogP contribution in [0.4, 0.5) is 0 Å². The molecule has 0 unspecified atom stereocenters. The molecule has 10 nitrogen and oxygen atoms in total. The number of ether oxygens (including phenoxy) is 3. The number of hydrogen-bond acceptors (Lipinski definition) is 8. The molecule has 6 atom stereocenters. The number of nitrogens with one attached hydrogen (secondary N) is 1. The Balaban J connectivity index is 1.64. The van der Waals surface area contributed by atoms with E-state index in [1.807, 2.05) is 0 Å². The summed E-state index contributed by atoms with van der Waals surface area (Å²) >= 11 is 2.09. The third kappa shape index (κ3) is 8.91. The molecule has 1 aromatic carbocycles. The second-order valence-electron chi connectivity index (χ2n) is 13.2. The van der Waals surface area contributed by atoms with E-state index in [9.17, 15) is 24.9 Å². The van der Waals surface area contributed by atoms with Gasteiger partial charge in [0.15, 0.2) is 11.5 Å².